The van der Waals surface area contributed by atoms with Crippen LogP contribution in [0.4, 0.5) is 23.1 Å². The first-order chi connectivity index (χ1) is 12.2. The molecular formula is C17H13ClIN5O. The molecule has 3 aromatic rings. The molecular weight excluding hydrogens is 453 g/mol. The zero-order valence-electron chi connectivity index (χ0n) is 12.8. The van der Waals surface area contributed by atoms with E-state index >= 15 is 0 Å². The van der Waals surface area contributed by atoms with Gasteiger partial charge in [-0.2, -0.15) is 4.98 Å². The zero-order valence-corrected chi connectivity index (χ0v) is 15.7. The van der Waals surface area contributed by atoms with Crippen molar-refractivity contribution in [2.75, 3.05) is 14.2 Å². The minimum Gasteiger partial charge on any atom is -0.338 e. The van der Waals surface area contributed by atoms with Gasteiger partial charge in [-0.25, -0.2) is 4.98 Å². The lowest BCUT2D eigenvalue weighted by molar-refractivity contribution is 0.102. The number of benzene rings is 2. The van der Waals surface area contributed by atoms with Gasteiger partial charge in [0.05, 0.1) is 40.3 Å². The van der Waals surface area contributed by atoms with E-state index < -0.39 is 0 Å². The van der Waals surface area contributed by atoms with E-state index in [1.165, 1.54) is 6.20 Å². The third-order valence-electron chi connectivity index (χ3n) is 3.29. The summed E-state index contributed by atoms with van der Waals surface area (Å²) in [7, 11) is 0. The summed E-state index contributed by atoms with van der Waals surface area (Å²) >= 11 is 8.08. The van der Waals surface area contributed by atoms with Crippen LogP contribution in [0.15, 0.2) is 60.8 Å². The molecule has 126 valence electrons. The fourth-order valence-electron chi connectivity index (χ4n) is 2.14. The van der Waals surface area contributed by atoms with Crippen molar-refractivity contribution in [2.45, 2.75) is 0 Å². The predicted octanol–water partition coefficient (Wildman–Crippen LogP) is 4.89. The summed E-state index contributed by atoms with van der Waals surface area (Å²) in [5.74, 6) is 0.598. The standard InChI is InChI=1S/C17H13ClIN5O/c18-13-10-20-17(24-19)23-15(13)22-14-9-5-4-8-12(14)16(25)21-11-6-2-1-3-7-11/h1-10H,(H,21,25)(H2,20,22,23,24). The molecule has 0 saturated carbocycles. The molecule has 0 spiro atoms. The summed E-state index contributed by atoms with van der Waals surface area (Å²) in [4.78, 5) is 20.9. The molecule has 0 atom stereocenters. The Kier molecular flexibility index (Phi) is 5.67. The number of nitrogens with zero attached hydrogens (tertiary/aromatic N) is 2. The molecule has 3 N–H and O–H groups in total. The molecule has 0 aliphatic rings. The monoisotopic (exact) mass is 465 g/mol. The van der Waals surface area contributed by atoms with E-state index in [0.29, 0.717) is 28.0 Å². The Morgan fingerprint density at radius 3 is 2.52 bits per heavy atom. The maximum absolute atomic E-state index is 12.6. The highest BCUT2D eigenvalue weighted by atomic mass is 127. The van der Waals surface area contributed by atoms with Gasteiger partial charge in [0.15, 0.2) is 5.82 Å². The molecule has 0 bridgehead atoms. The van der Waals surface area contributed by atoms with Crippen molar-refractivity contribution in [1.29, 1.82) is 0 Å². The molecule has 8 heteroatoms. The summed E-state index contributed by atoms with van der Waals surface area (Å²) in [5.41, 5.74) is 1.79. The van der Waals surface area contributed by atoms with Gasteiger partial charge in [-0.1, -0.05) is 41.9 Å². The van der Waals surface area contributed by atoms with E-state index in [2.05, 4.69) is 24.1 Å². The van der Waals surface area contributed by atoms with E-state index in [1.54, 1.807) is 18.2 Å². The van der Waals surface area contributed by atoms with Crippen LogP contribution in [0.3, 0.4) is 0 Å². The van der Waals surface area contributed by atoms with Crippen molar-refractivity contribution >= 4 is 63.5 Å². The van der Waals surface area contributed by atoms with E-state index in [9.17, 15) is 4.79 Å². The minimum absolute atomic E-state index is 0.230. The van der Waals surface area contributed by atoms with Crippen molar-refractivity contribution in [3.05, 3.63) is 71.4 Å². The predicted molar refractivity (Wildman–Crippen MR) is 109 cm³/mol. The van der Waals surface area contributed by atoms with E-state index in [4.69, 9.17) is 11.6 Å². The first-order valence-corrected chi connectivity index (χ1v) is 8.74. The van der Waals surface area contributed by atoms with Gasteiger partial charge in [0.2, 0.25) is 5.95 Å². The molecule has 0 aliphatic carbocycles. The quantitative estimate of drug-likeness (QED) is 0.369. The Hall–Kier alpha value is -2.39. The average molecular weight is 466 g/mol. The third kappa shape index (κ3) is 4.37. The van der Waals surface area contributed by atoms with Crippen molar-refractivity contribution in [3.63, 3.8) is 0 Å². The lowest BCUT2D eigenvalue weighted by atomic mass is 10.1. The Morgan fingerprint density at radius 2 is 1.76 bits per heavy atom. The van der Waals surface area contributed by atoms with Crippen LogP contribution in [0, 0.1) is 0 Å². The van der Waals surface area contributed by atoms with E-state index in [0.717, 1.165) is 5.69 Å². The zero-order chi connectivity index (χ0) is 17.6. The first kappa shape index (κ1) is 17.4. The van der Waals surface area contributed by atoms with Crippen LogP contribution in [-0.4, -0.2) is 15.9 Å². The Labute approximate surface area is 163 Å². The molecule has 1 amide bonds. The molecule has 3 rings (SSSR count). The van der Waals surface area contributed by atoms with Gasteiger partial charge in [-0.05, 0) is 24.3 Å². The van der Waals surface area contributed by atoms with Crippen LogP contribution < -0.4 is 14.2 Å². The second-order valence-corrected chi connectivity index (χ2v) is 5.92. The number of carbonyl (C=O) groups excluding carboxylic acids is 1. The highest BCUT2D eigenvalue weighted by Crippen LogP contribution is 2.26. The summed E-state index contributed by atoms with van der Waals surface area (Å²) < 4.78 is 2.82. The number of anilines is 4. The van der Waals surface area contributed by atoms with Crippen LogP contribution in [0.1, 0.15) is 10.4 Å². The van der Waals surface area contributed by atoms with Crippen LogP contribution in [-0.2, 0) is 0 Å². The normalized spacial score (nSPS) is 10.2. The summed E-state index contributed by atoms with van der Waals surface area (Å²) in [5, 5.41) is 6.31. The van der Waals surface area contributed by atoms with Gasteiger partial charge in [0.1, 0.15) is 5.02 Å². The summed E-state index contributed by atoms with van der Waals surface area (Å²) in [6.45, 7) is 0. The fourth-order valence-corrected chi connectivity index (χ4v) is 2.54. The molecule has 0 fully saturated rings. The fraction of sp³-hybridized carbons (Fsp3) is 0. The van der Waals surface area contributed by atoms with Gasteiger partial charge in [0, 0.05) is 5.69 Å². The van der Waals surface area contributed by atoms with Crippen LogP contribution in [0.2, 0.25) is 5.02 Å². The molecule has 0 aliphatic heterocycles. The number of amides is 1. The van der Waals surface area contributed by atoms with Gasteiger partial charge in [-0.15, -0.1) is 0 Å². The van der Waals surface area contributed by atoms with Crippen LogP contribution in [0.5, 0.6) is 0 Å². The van der Waals surface area contributed by atoms with Crippen molar-refractivity contribution in [2.24, 2.45) is 0 Å². The van der Waals surface area contributed by atoms with Gasteiger partial charge in [-0.3, -0.25) is 8.32 Å². The smallest absolute Gasteiger partial charge is 0.257 e. The average Bonchev–Trinajstić information content (AvgIpc) is 2.65. The van der Waals surface area contributed by atoms with Crippen molar-refractivity contribution < 1.29 is 4.79 Å². The molecule has 1 aromatic heterocycles. The van der Waals surface area contributed by atoms with Crippen molar-refractivity contribution in [3.8, 4) is 0 Å². The van der Waals surface area contributed by atoms with E-state index in [-0.39, 0.29) is 5.91 Å². The summed E-state index contributed by atoms with van der Waals surface area (Å²) in [6.07, 6.45) is 1.49. The topological polar surface area (TPSA) is 78.9 Å². The first-order valence-electron chi connectivity index (χ1n) is 7.29. The number of hydrogen-bond donors (Lipinski definition) is 3. The van der Waals surface area contributed by atoms with Crippen LogP contribution >= 0.6 is 34.5 Å². The van der Waals surface area contributed by atoms with Crippen molar-refractivity contribution in [1.82, 2.24) is 9.97 Å². The number of carbonyl (C=O) groups is 1. The molecule has 1 heterocycles. The van der Waals surface area contributed by atoms with Crippen LogP contribution in [0.25, 0.3) is 0 Å². The van der Waals surface area contributed by atoms with Gasteiger partial charge >= 0.3 is 0 Å². The molecule has 0 unspecified atom stereocenters. The lowest BCUT2D eigenvalue weighted by Gasteiger charge is -2.13. The van der Waals surface area contributed by atoms with Gasteiger partial charge in [0.25, 0.3) is 5.91 Å². The molecule has 2 aromatic carbocycles. The largest absolute Gasteiger partial charge is 0.338 e. The highest BCUT2D eigenvalue weighted by Gasteiger charge is 2.13. The number of aromatic nitrogens is 2. The van der Waals surface area contributed by atoms with Gasteiger partial charge < -0.3 is 10.6 Å². The highest BCUT2D eigenvalue weighted by molar-refractivity contribution is 14.1. The second kappa shape index (κ2) is 8.13. The second-order valence-electron chi connectivity index (χ2n) is 4.98. The minimum atomic E-state index is -0.230. The number of halogens is 2. The molecule has 0 radical (unpaired) electrons. The Balaban J connectivity index is 1.87. The molecule has 0 saturated heterocycles. The SMILES string of the molecule is O=C(Nc1ccccc1)c1ccccc1Nc1nc(NI)ncc1Cl. The maximum Gasteiger partial charge on any atom is 0.257 e. The summed E-state index contributed by atoms with van der Waals surface area (Å²) in [6, 6.07) is 16.4. The molecule has 25 heavy (non-hydrogen) atoms. The molecule has 6 nitrogen and oxygen atoms in total. The maximum atomic E-state index is 12.6. The number of rotatable bonds is 5. The Morgan fingerprint density at radius 1 is 1.04 bits per heavy atom. The Bertz CT molecular complexity index is 891. The number of para-hydroxylation sites is 2. The third-order valence-corrected chi connectivity index (χ3v) is 4.04. The number of hydrogen-bond acceptors (Lipinski definition) is 5. The number of nitrogens with one attached hydrogen (secondary N) is 3. The lowest BCUT2D eigenvalue weighted by Crippen LogP contribution is -2.14. The van der Waals surface area contributed by atoms with E-state index in [1.807, 2.05) is 59.3 Å².